The summed E-state index contributed by atoms with van der Waals surface area (Å²) >= 11 is 3.06. The molecule has 2 saturated heterocycles. The van der Waals surface area contributed by atoms with Crippen LogP contribution in [0, 0.1) is 24.2 Å². The van der Waals surface area contributed by atoms with Crippen molar-refractivity contribution in [1.82, 2.24) is 45.4 Å². The fraction of sp³-hybridized carbons (Fsp3) is 0.500. The van der Waals surface area contributed by atoms with Crippen LogP contribution in [0.3, 0.4) is 0 Å². The van der Waals surface area contributed by atoms with Crippen LogP contribution >= 0.6 is 22.7 Å². The molecule has 0 saturated carbocycles. The number of hydrogen-bond donors (Lipinski definition) is 3. The Morgan fingerprint density at radius 1 is 1.09 bits per heavy atom. The monoisotopic (exact) mass is 988 g/mol. The summed E-state index contributed by atoms with van der Waals surface area (Å²) in [5.74, 6) is 0.601. The Bertz CT molecular complexity index is 2830. The van der Waals surface area contributed by atoms with E-state index in [4.69, 9.17) is 29.5 Å². The first-order valence-electron chi connectivity index (χ1n) is 24.1. The van der Waals surface area contributed by atoms with E-state index >= 15 is 0 Å². The average Bonchev–Trinajstić information content (AvgIpc) is 4.21. The van der Waals surface area contributed by atoms with Crippen LogP contribution < -0.4 is 20.7 Å². The van der Waals surface area contributed by atoms with Crippen molar-refractivity contribution in [2.45, 2.75) is 116 Å². The Kier molecular flexibility index (Phi) is 14.6. The Balaban J connectivity index is 0.744. The van der Waals surface area contributed by atoms with Crippen LogP contribution in [0.5, 0.6) is 5.88 Å². The molecule has 0 radical (unpaired) electrons. The summed E-state index contributed by atoms with van der Waals surface area (Å²) in [6.45, 7) is 14.3. The molecule has 2 aliphatic heterocycles. The molecule has 2 amide bonds. The van der Waals surface area contributed by atoms with Crippen LogP contribution in [-0.4, -0.2) is 114 Å². The molecule has 7 heterocycles. The van der Waals surface area contributed by atoms with Crippen molar-refractivity contribution in [3.05, 3.63) is 87.0 Å². The number of unbranched alkanes of at least 4 members (excludes halogenated alkanes) is 1. The van der Waals surface area contributed by atoms with Crippen LogP contribution in [0.1, 0.15) is 111 Å². The number of aromatic nitrogens is 6. The number of rotatable bonds is 16. The highest BCUT2D eigenvalue weighted by molar-refractivity contribution is 7.16. The highest BCUT2D eigenvalue weighted by atomic mass is 32.1. The van der Waals surface area contributed by atoms with E-state index in [1.54, 1.807) is 29.7 Å². The smallest absolute Gasteiger partial charge is 0.254 e. The summed E-state index contributed by atoms with van der Waals surface area (Å²) in [6.07, 6.45) is 6.28. The molecule has 5 aromatic heterocycles. The number of nitriles is 1. The normalized spacial score (nSPS) is 21.1. The van der Waals surface area contributed by atoms with E-state index in [0.29, 0.717) is 58.7 Å². The first-order chi connectivity index (χ1) is 33.8. The van der Waals surface area contributed by atoms with Gasteiger partial charge in [0.25, 0.3) is 5.88 Å². The molecule has 6 aromatic rings. The SMILES string of the molecule is Cc1ncsc1-c1ccc(CNC(=O)[C@@H]2C[C@@H](O)CN2C(=O)[C@H](c2cc(OCCCCN3CCCN(c4nccc(-c5noc([C@@]6(C)CCCc7sc(N)c(C#N)c76)n5)n4)[C@@H](C)C3)no2)C(C)C)cc1. The lowest BCUT2D eigenvalue weighted by molar-refractivity contribution is -0.141. The van der Waals surface area contributed by atoms with Crippen molar-refractivity contribution in [3.63, 3.8) is 0 Å². The molecule has 0 bridgehead atoms. The number of fused-ring (bicyclic) bond motifs is 1. The summed E-state index contributed by atoms with van der Waals surface area (Å²) in [5, 5.41) is 32.6. The fourth-order valence-corrected chi connectivity index (χ4v) is 12.2. The number of benzene rings is 1. The minimum absolute atomic E-state index is 0.0540. The average molecular weight is 989 g/mol. The maximum atomic E-state index is 14.2. The summed E-state index contributed by atoms with van der Waals surface area (Å²) in [6, 6.07) is 13.1. The molecule has 1 aromatic carbocycles. The third-order valence-corrected chi connectivity index (χ3v) is 15.9. The number of hydrogen-bond acceptors (Lipinski definition) is 18. The lowest BCUT2D eigenvalue weighted by Crippen LogP contribution is -2.48. The number of thiazole rings is 1. The lowest BCUT2D eigenvalue weighted by Gasteiger charge is -2.30. The molecule has 3 aliphatic rings. The zero-order chi connectivity index (χ0) is 49.1. The third-order valence-electron chi connectivity index (χ3n) is 13.9. The van der Waals surface area contributed by atoms with Crippen LogP contribution in [0.2, 0.25) is 0 Å². The van der Waals surface area contributed by atoms with E-state index in [1.165, 1.54) is 16.2 Å². The number of aliphatic hydroxyl groups excluding tert-OH is 1. The maximum absolute atomic E-state index is 14.2. The number of anilines is 2. The number of likely N-dealkylation sites (tertiary alicyclic amines) is 1. The molecule has 20 heteroatoms. The van der Waals surface area contributed by atoms with Gasteiger partial charge in [-0.3, -0.25) is 9.59 Å². The highest BCUT2D eigenvalue weighted by Gasteiger charge is 2.45. The molecule has 4 N–H and O–H groups in total. The number of nitrogen functional groups attached to an aromatic ring is 1. The quantitative estimate of drug-likeness (QED) is 0.0838. The molecule has 9 rings (SSSR count). The van der Waals surface area contributed by atoms with E-state index in [1.807, 2.05) is 50.5 Å². The van der Waals surface area contributed by atoms with E-state index in [2.05, 4.69) is 55.3 Å². The van der Waals surface area contributed by atoms with Crippen LogP contribution in [0.25, 0.3) is 22.0 Å². The Morgan fingerprint density at radius 3 is 2.69 bits per heavy atom. The summed E-state index contributed by atoms with van der Waals surface area (Å²) in [7, 11) is 0. The van der Waals surface area contributed by atoms with Crippen LogP contribution in [0.4, 0.5) is 10.9 Å². The number of β-amino-alcohol motifs (C(OH)–C–C–N with tert-alkyl or cyclic N) is 1. The number of carbonyl (C=O) groups excluding carboxylic acids is 2. The molecular formula is C50H60N12O6S2. The minimum Gasteiger partial charge on any atom is -0.476 e. The van der Waals surface area contributed by atoms with Gasteiger partial charge in [0.2, 0.25) is 29.5 Å². The van der Waals surface area contributed by atoms with Gasteiger partial charge in [-0.05, 0) is 101 Å². The van der Waals surface area contributed by atoms with Gasteiger partial charge >= 0.3 is 0 Å². The molecule has 0 unspecified atom stereocenters. The van der Waals surface area contributed by atoms with Crippen molar-refractivity contribution in [2.75, 3.05) is 50.0 Å². The number of amides is 2. The van der Waals surface area contributed by atoms with Gasteiger partial charge in [0.15, 0.2) is 5.76 Å². The van der Waals surface area contributed by atoms with Crippen molar-refractivity contribution >= 4 is 45.4 Å². The van der Waals surface area contributed by atoms with Crippen molar-refractivity contribution in [2.24, 2.45) is 5.92 Å². The molecule has 18 nitrogen and oxygen atoms in total. The second kappa shape index (κ2) is 21.0. The largest absolute Gasteiger partial charge is 0.476 e. The van der Waals surface area contributed by atoms with Crippen LogP contribution in [-0.2, 0) is 28.0 Å². The van der Waals surface area contributed by atoms with Gasteiger partial charge in [-0.1, -0.05) is 43.3 Å². The van der Waals surface area contributed by atoms with Gasteiger partial charge in [0.1, 0.15) is 28.7 Å². The zero-order valence-electron chi connectivity index (χ0n) is 40.3. The second-order valence-corrected chi connectivity index (χ2v) is 21.2. The molecule has 368 valence electrons. The number of nitrogens with two attached hydrogens (primary N) is 1. The zero-order valence-corrected chi connectivity index (χ0v) is 41.9. The number of aliphatic hydroxyl groups is 1. The number of nitrogens with one attached hydrogen (secondary N) is 1. The van der Waals surface area contributed by atoms with Crippen molar-refractivity contribution in [1.29, 1.82) is 5.26 Å². The number of carbonyl (C=O) groups is 2. The first kappa shape index (κ1) is 48.7. The fourth-order valence-electron chi connectivity index (χ4n) is 10.2. The van der Waals surface area contributed by atoms with Gasteiger partial charge in [-0.2, -0.15) is 10.2 Å². The first-order valence-corrected chi connectivity index (χ1v) is 25.8. The maximum Gasteiger partial charge on any atom is 0.254 e. The van der Waals surface area contributed by atoms with Crippen molar-refractivity contribution in [3.8, 4) is 33.9 Å². The summed E-state index contributed by atoms with van der Waals surface area (Å²) in [5.41, 5.74) is 12.4. The lowest BCUT2D eigenvalue weighted by atomic mass is 9.72. The Morgan fingerprint density at radius 2 is 1.91 bits per heavy atom. The molecule has 5 atom stereocenters. The Labute approximate surface area is 415 Å². The van der Waals surface area contributed by atoms with E-state index < -0.39 is 23.5 Å². The van der Waals surface area contributed by atoms with Gasteiger partial charge in [0, 0.05) is 61.3 Å². The number of thiophene rings is 1. The van der Waals surface area contributed by atoms with E-state index in [0.717, 1.165) is 96.8 Å². The van der Waals surface area contributed by atoms with E-state index in [-0.39, 0.29) is 36.7 Å². The molecule has 1 aliphatic carbocycles. The summed E-state index contributed by atoms with van der Waals surface area (Å²) < 4.78 is 17.6. The topological polar surface area (TPSA) is 239 Å². The number of aryl methyl sites for hydroxylation is 2. The number of ether oxygens (including phenoxy) is 1. The third kappa shape index (κ3) is 10.2. The van der Waals surface area contributed by atoms with Crippen molar-refractivity contribution < 1.29 is 28.5 Å². The molecule has 70 heavy (non-hydrogen) atoms. The van der Waals surface area contributed by atoms with E-state index in [9.17, 15) is 20.0 Å². The number of nitrogens with zero attached hydrogens (tertiary/aromatic N) is 10. The highest BCUT2D eigenvalue weighted by Crippen LogP contribution is 2.48. The van der Waals surface area contributed by atoms with Crippen LogP contribution in [0.15, 0.2) is 57.2 Å². The minimum atomic E-state index is -0.821. The second-order valence-electron chi connectivity index (χ2n) is 19.2. The predicted molar refractivity (Wildman–Crippen MR) is 265 cm³/mol. The molecular weight excluding hydrogens is 929 g/mol. The molecule has 0 spiro atoms. The van der Waals surface area contributed by atoms with Gasteiger partial charge in [-0.15, -0.1) is 22.7 Å². The predicted octanol–water partition coefficient (Wildman–Crippen LogP) is 6.88. The molecule has 2 fully saturated rings. The van der Waals surface area contributed by atoms with Gasteiger partial charge in [0.05, 0.1) is 39.8 Å². The summed E-state index contributed by atoms with van der Waals surface area (Å²) in [4.78, 5) is 54.8. The Hall–Kier alpha value is -6.27. The standard InChI is InChI=1S/C50H60N12O6S2/c1-29(2)41(47(65)62-27-34(63)22-37(62)46(64)54-25-32-11-13-33(14-12-32)43-31(4)55-28-69-43)38-23-40(58-67-38)66-21-7-6-18-60-19-9-20-61(30(3)26-60)49-53-17-15-36(56-49)45-57-48(68-59-45)50(5)16-8-10-39-42(50)35(24-51)44(52)70-39/h11-15,17,23,28-30,34,37,41,63H,6-10,16,18-22,25-27,52H2,1-5H3,(H,54,64)/t30-,34+,37-,41-,50-/m0/s1. The van der Waals surface area contributed by atoms with Gasteiger partial charge < -0.3 is 44.6 Å². The van der Waals surface area contributed by atoms with Gasteiger partial charge in [-0.25, -0.2) is 15.0 Å².